The fourth-order valence-electron chi connectivity index (χ4n) is 2.32. The number of rotatable bonds is 5. The number of carbonyl (C=O) groups excluding carboxylic acids is 1. The van der Waals surface area contributed by atoms with Gasteiger partial charge >= 0.3 is 0 Å². The summed E-state index contributed by atoms with van der Waals surface area (Å²) in [5.74, 6) is 2.34. The summed E-state index contributed by atoms with van der Waals surface area (Å²) in [5, 5.41) is 6.42. The van der Waals surface area contributed by atoms with E-state index < -0.39 is 0 Å². The van der Waals surface area contributed by atoms with Crippen molar-refractivity contribution in [2.24, 2.45) is 0 Å². The molecule has 1 saturated heterocycles. The zero-order valence-electron chi connectivity index (χ0n) is 11.9. The van der Waals surface area contributed by atoms with E-state index in [9.17, 15) is 4.79 Å². The van der Waals surface area contributed by atoms with Crippen LogP contribution in [0.1, 0.15) is 24.5 Å². The van der Waals surface area contributed by atoms with E-state index in [4.69, 9.17) is 0 Å². The summed E-state index contributed by atoms with van der Waals surface area (Å²) in [6.07, 6.45) is 1.59. The summed E-state index contributed by atoms with van der Waals surface area (Å²) in [7, 11) is 0. The van der Waals surface area contributed by atoms with E-state index in [1.54, 1.807) is 0 Å². The Kier molecular flexibility index (Phi) is 8.04. The van der Waals surface area contributed by atoms with Gasteiger partial charge in [-0.2, -0.15) is 11.8 Å². The summed E-state index contributed by atoms with van der Waals surface area (Å²) >= 11 is 1.92. The molecular formula is C15H23ClN2OS. The van der Waals surface area contributed by atoms with E-state index in [1.165, 1.54) is 11.1 Å². The minimum atomic E-state index is 0. The average molecular weight is 315 g/mol. The highest BCUT2D eigenvalue weighted by Gasteiger charge is 2.16. The largest absolute Gasteiger partial charge is 0.352 e. The third-order valence-electron chi connectivity index (χ3n) is 3.41. The first-order chi connectivity index (χ1) is 9.29. The Balaban J connectivity index is 0.00000200. The van der Waals surface area contributed by atoms with Gasteiger partial charge in [0.1, 0.15) is 0 Å². The number of hydrogen-bond donors (Lipinski definition) is 2. The van der Waals surface area contributed by atoms with Crippen LogP contribution in [-0.2, 0) is 17.8 Å². The first kappa shape index (κ1) is 17.3. The summed E-state index contributed by atoms with van der Waals surface area (Å²) in [6.45, 7) is 3.80. The topological polar surface area (TPSA) is 41.1 Å². The van der Waals surface area contributed by atoms with Crippen LogP contribution in [0.2, 0.25) is 0 Å². The number of thioether (sulfide) groups is 1. The molecule has 112 valence electrons. The fraction of sp³-hybridized carbons (Fsp3) is 0.533. The lowest BCUT2D eigenvalue weighted by atomic mass is 10.1. The van der Waals surface area contributed by atoms with Crippen LogP contribution in [0.15, 0.2) is 24.3 Å². The molecule has 1 atom stereocenters. The van der Waals surface area contributed by atoms with Crippen LogP contribution in [-0.4, -0.2) is 30.0 Å². The van der Waals surface area contributed by atoms with Crippen LogP contribution in [0.4, 0.5) is 0 Å². The second-order valence-corrected chi connectivity index (χ2v) is 5.98. The molecule has 0 saturated carbocycles. The van der Waals surface area contributed by atoms with Crippen molar-refractivity contribution in [1.82, 2.24) is 10.6 Å². The zero-order valence-corrected chi connectivity index (χ0v) is 13.5. The van der Waals surface area contributed by atoms with Crippen molar-refractivity contribution >= 4 is 30.1 Å². The molecule has 1 fully saturated rings. The van der Waals surface area contributed by atoms with Crippen LogP contribution >= 0.6 is 24.2 Å². The summed E-state index contributed by atoms with van der Waals surface area (Å²) in [5.41, 5.74) is 2.54. The number of hydrogen-bond acceptors (Lipinski definition) is 3. The molecule has 1 unspecified atom stereocenters. The van der Waals surface area contributed by atoms with Crippen LogP contribution in [0.25, 0.3) is 0 Å². The van der Waals surface area contributed by atoms with Gasteiger partial charge < -0.3 is 10.6 Å². The Labute approximate surface area is 131 Å². The fourth-order valence-corrected chi connectivity index (χ4v) is 3.26. The highest BCUT2D eigenvalue weighted by atomic mass is 35.5. The van der Waals surface area contributed by atoms with Crippen molar-refractivity contribution in [3.8, 4) is 0 Å². The lowest BCUT2D eigenvalue weighted by Gasteiger charge is -2.22. The molecule has 1 heterocycles. The van der Waals surface area contributed by atoms with Gasteiger partial charge in [-0.05, 0) is 17.5 Å². The maximum Gasteiger partial charge on any atom is 0.221 e. The lowest BCUT2D eigenvalue weighted by molar-refractivity contribution is -0.121. The van der Waals surface area contributed by atoms with Gasteiger partial charge in [0.25, 0.3) is 0 Å². The van der Waals surface area contributed by atoms with Crippen molar-refractivity contribution in [3.05, 3.63) is 35.4 Å². The Morgan fingerprint density at radius 1 is 1.40 bits per heavy atom. The molecule has 20 heavy (non-hydrogen) atoms. The molecule has 0 spiro atoms. The molecule has 1 aliphatic heterocycles. The first-order valence-corrected chi connectivity index (χ1v) is 8.09. The van der Waals surface area contributed by atoms with E-state index in [-0.39, 0.29) is 18.3 Å². The summed E-state index contributed by atoms with van der Waals surface area (Å²) < 4.78 is 0. The smallest absolute Gasteiger partial charge is 0.221 e. The van der Waals surface area contributed by atoms with Crippen LogP contribution < -0.4 is 10.6 Å². The SMILES string of the molecule is CCc1ccccc1CNC(=O)CC1CSCCN1.Cl. The predicted octanol–water partition coefficient (Wildman–Crippen LogP) is 2.38. The van der Waals surface area contributed by atoms with Crippen molar-refractivity contribution in [3.63, 3.8) is 0 Å². The molecule has 1 aliphatic rings. The van der Waals surface area contributed by atoms with Gasteiger partial charge in [-0.1, -0.05) is 31.2 Å². The van der Waals surface area contributed by atoms with Crippen molar-refractivity contribution in [2.75, 3.05) is 18.1 Å². The van der Waals surface area contributed by atoms with Crippen molar-refractivity contribution in [2.45, 2.75) is 32.4 Å². The molecule has 2 rings (SSSR count). The normalized spacial score (nSPS) is 18.1. The van der Waals surface area contributed by atoms with Gasteiger partial charge in [-0.15, -0.1) is 12.4 Å². The molecule has 1 aromatic carbocycles. The summed E-state index contributed by atoms with van der Waals surface area (Å²) in [4.78, 5) is 11.9. The third-order valence-corrected chi connectivity index (χ3v) is 4.54. The van der Waals surface area contributed by atoms with Crippen LogP contribution in [0.3, 0.4) is 0 Å². The zero-order chi connectivity index (χ0) is 13.5. The molecule has 1 amide bonds. The molecule has 0 radical (unpaired) electrons. The average Bonchev–Trinajstić information content (AvgIpc) is 2.46. The van der Waals surface area contributed by atoms with Gasteiger partial charge in [0, 0.05) is 37.1 Å². The molecular weight excluding hydrogens is 292 g/mol. The monoisotopic (exact) mass is 314 g/mol. The number of carbonyl (C=O) groups is 1. The molecule has 1 aromatic rings. The highest BCUT2D eigenvalue weighted by Crippen LogP contribution is 2.11. The number of aryl methyl sites for hydroxylation is 1. The Morgan fingerprint density at radius 3 is 2.80 bits per heavy atom. The van der Waals surface area contributed by atoms with Gasteiger partial charge in [0.2, 0.25) is 5.91 Å². The molecule has 3 nitrogen and oxygen atoms in total. The van der Waals surface area contributed by atoms with E-state index in [0.717, 1.165) is 24.5 Å². The van der Waals surface area contributed by atoms with Crippen molar-refractivity contribution in [1.29, 1.82) is 0 Å². The molecule has 0 aromatic heterocycles. The quantitative estimate of drug-likeness (QED) is 0.877. The van der Waals surface area contributed by atoms with Gasteiger partial charge in [0.05, 0.1) is 0 Å². The number of benzene rings is 1. The number of amides is 1. The second kappa shape index (κ2) is 9.27. The maximum absolute atomic E-state index is 11.9. The molecule has 2 N–H and O–H groups in total. The van der Waals surface area contributed by atoms with Crippen LogP contribution in [0.5, 0.6) is 0 Å². The van der Waals surface area contributed by atoms with E-state index in [0.29, 0.717) is 19.0 Å². The summed E-state index contributed by atoms with van der Waals surface area (Å²) in [6, 6.07) is 8.63. The lowest BCUT2D eigenvalue weighted by Crippen LogP contribution is -2.41. The van der Waals surface area contributed by atoms with Crippen LogP contribution in [0, 0.1) is 0 Å². The van der Waals surface area contributed by atoms with Crippen molar-refractivity contribution < 1.29 is 4.79 Å². The minimum Gasteiger partial charge on any atom is -0.352 e. The Morgan fingerprint density at radius 2 is 2.15 bits per heavy atom. The Bertz CT molecular complexity index is 422. The Hall–Kier alpha value is -0.710. The van der Waals surface area contributed by atoms with Gasteiger partial charge in [0.15, 0.2) is 0 Å². The molecule has 5 heteroatoms. The third kappa shape index (κ3) is 5.35. The van der Waals surface area contributed by atoms with E-state index in [2.05, 4.69) is 29.7 Å². The maximum atomic E-state index is 11.9. The van der Waals surface area contributed by atoms with Gasteiger partial charge in [-0.3, -0.25) is 4.79 Å². The van der Waals surface area contributed by atoms with E-state index >= 15 is 0 Å². The number of halogens is 1. The standard InChI is InChI=1S/C15H22N2OS.ClH/c1-2-12-5-3-4-6-13(12)10-17-15(18)9-14-11-19-8-7-16-14;/h3-6,14,16H,2,7-11H2,1H3,(H,17,18);1H. The predicted molar refractivity (Wildman–Crippen MR) is 88.6 cm³/mol. The van der Waals surface area contributed by atoms with E-state index in [1.807, 2.05) is 23.9 Å². The molecule has 0 bridgehead atoms. The second-order valence-electron chi connectivity index (χ2n) is 4.83. The first-order valence-electron chi connectivity index (χ1n) is 6.94. The highest BCUT2D eigenvalue weighted by molar-refractivity contribution is 7.99. The van der Waals surface area contributed by atoms with Gasteiger partial charge in [-0.25, -0.2) is 0 Å². The molecule has 0 aliphatic carbocycles. The minimum absolute atomic E-state index is 0. The number of nitrogens with one attached hydrogen (secondary N) is 2.